The Morgan fingerprint density at radius 3 is 2.36 bits per heavy atom. The van der Waals surface area contributed by atoms with Gasteiger partial charge in [-0.3, -0.25) is 19.8 Å². The number of nitrogens with zero attached hydrogens (tertiary/aromatic N) is 2. The van der Waals surface area contributed by atoms with Gasteiger partial charge in [0, 0.05) is 29.6 Å². The van der Waals surface area contributed by atoms with Crippen LogP contribution in [0, 0.1) is 10.1 Å². The Hall–Kier alpha value is -3.15. The molecule has 2 aromatic carbocycles. The van der Waals surface area contributed by atoms with Crippen molar-refractivity contribution in [3.8, 4) is 0 Å². The van der Waals surface area contributed by atoms with Gasteiger partial charge in [0.1, 0.15) is 0 Å². The Morgan fingerprint density at radius 2 is 1.76 bits per heavy atom. The van der Waals surface area contributed by atoms with Crippen molar-refractivity contribution in [2.24, 2.45) is 0 Å². The van der Waals surface area contributed by atoms with Crippen LogP contribution in [0.1, 0.15) is 19.8 Å². The molecule has 1 amide bonds. The van der Waals surface area contributed by atoms with E-state index < -0.39 is 4.92 Å². The number of hydrogen-bond donors (Lipinski definition) is 0. The first-order chi connectivity index (χ1) is 12.1. The number of nitro benzene ring substituents is 1. The summed E-state index contributed by atoms with van der Waals surface area (Å²) in [5.74, 6) is -0.295. The minimum Gasteiger partial charge on any atom is -0.501 e. The number of unbranched alkanes of at least 4 members (excludes halogenated alkanes) is 1. The smallest absolute Gasteiger partial charge is 0.269 e. The van der Waals surface area contributed by atoms with E-state index in [1.807, 2.05) is 18.2 Å². The first-order valence-electron chi connectivity index (χ1n) is 8.05. The quantitative estimate of drug-likeness (QED) is 0.232. The Balaban J connectivity index is 2.24. The molecule has 0 aliphatic rings. The zero-order valence-corrected chi connectivity index (χ0v) is 14.0. The molecular weight excluding hydrogens is 320 g/mol. The van der Waals surface area contributed by atoms with Gasteiger partial charge in [0.2, 0.25) is 0 Å². The van der Waals surface area contributed by atoms with Crippen molar-refractivity contribution in [1.82, 2.24) is 0 Å². The highest BCUT2D eigenvalue weighted by atomic mass is 16.6. The van der Waals surface area contributed by atoms with Gasteiger partial charge < -0.3 is 4.74 Å². The molecule has 0 atom stereocenters. The summed E-state index contributed by atoms with van der Waals surface area (Å²) in [4.78, 5) is 24.4. The fraction of sp³-hybridized carbons (Fsp3) is 0.211. The van der Waals surface area contributed by atoms with Crippen LogP contribution in [-0.2, 0) is 9.53 Å². The summed E-state index contributed by atoms with van der Waals surface area (Å²) in [7, 11) is 0. The van der Waals surface area contributed by atoms with E-state index in [0.29, 0.717) is 18.0 Å². The molecule has 2 aromatic rings. The fourth-order valence-electron chi connectivity index (χ4n) is 2.18. The average molecular weight is 340 g/mol. The van der Waals surface area contributed by atoms with Gasteiger partial charge in [-0.25, -0.2) is 0 Å². The minimum atomic E-state index is -0.472. The lowest BCUT2D eigenvalue weighted by Crippen LogP contribution is -2.23. The second-order valence-electron chi connectivity index (χ2n) is 5.31. The lowest BCUT2D eigenvalue weighted by molar-refractivity contribution is -0.384. The van der Waals surface area contributed by atoms with E-state index in [0.717, 1.165) is 12.8 Å². The van der Waals surface area contributed by atoms with Gasteiger partial charge in [-0.2, -0.15) is 0 Å². The standard InChI is InChI=1S/C19H20N2O4/c1-2-3-14-25-15-13-19(22)20(16-7-5-4-6-8-16)17-9-11-18(12-10-17)21(23)24/h4-13,15H,2-3,14H2,1H3. The first kappa shape index (κ1) is 18.2. The molecule has 0 aromatic heterocycles. The number of carbonyl (C=O) groups is 1. The molecular formula is C19H20N2O4. The molecule has 0 aliphatic carbocycles. The van der Waals surface area contributed by atoms with Gasteiger partial charge >= 0.3 is 0 Å². The molecule has 0 radical (unpaired) electrons. The Bertz CT molecular complexity index is 727. The predicted molar refractivity (Wildman–Crippen MR) is 96.7 cm³/mol. The molecule has 0 spiro atoms. The highest BCUT2D eigenvalue weighted by Crippen LogP contribution is 2.27. The summed E-state index contributed by atoms with van der Waals surface area (Å²) in [5.41, 5.74) is 1.18. The zero-order chi connectivity index (χ0) is 18.1. The second kappa shape index (κ2) is 9.22. The van der Waals surface area contributed by atoms with E-state index in [9.17, 15) is 14.9 Å². The number of anilines is 2. The van der Waals surface area contributed by atoms with E-state index in [-0.39, 0.29) is 11.6 Å². The summed E-state index contributed by atoms with van der Waals surface area (Å²) < 4.78 is 5.30. The van der Waals surface area contributed by atoms with Crippen LogP contribution in [0.15, 0.2) is 66.9 Å². The zero-order valence-electron chi connectivity index (χ0n) is 14.0. The van der Waals surface area contributed by atoms with Gasteiger partial charge in [0.25, 0.3) is 11.6 Å². The molecule has 0 N–H and O–H groups in total. The van der Waals surface area contributed by atoms with Gasteiger partial charge in [0.05, 0.1) is 17.8 Å². The van der Waals surface area contributed by atoms with Crippen LogP contribution in [0.5, 0.6) is 0 Å². The van der Waals surface area contributed by atoms with Crippen molar-refractivity contribution in [2.75, 3.05) is 11.5 Å². The first-order valence-corrected chi connectivity index (χ1v) is 8.05. The lowest BCUT2D eigenvalue weighted by atomic mass is 10.2. The molecule has 130 valence electrons. The van der Waals surface area contributed by atoms with Crippen LogP contribution in [0.25, 0.3) is 0 Å². The highest BCUT2D eigenvalue weighted by Gasteiger charge is 2.17. The van der Waals surface area contributed by atoms with Gasteiger partial charge in [-0.05, 0) is 30.7 Å². The molecule has 0 saturated carbocycles. The third-order valence-corrected chi connectivity index (χ3v) is 3.48. The molecule has 25 heavy (non-hydrogen) atoms. The molecule has 0 fully saturated rings. The van der Waals surface area contributed by atoms with Crippen LogP contribution in [0.2, 0.25) is 0 Å². The third kappa shape index (κ3) is 5.17. The summed E-state index contributed by atoms with van der Waals surface area (Å²) in [6.07, 6.45) is 4.67. The number of nitro groups is 1. The monoisotopic (exact) mass is 340 g/mol. The van der Waals surface area contributed by atoms with Gasteiger partial charge in [-0.1, -0.05) is 31.5 Å². The van der Waals surface area contributed by atoms with E-state index in [1.54, 1.807) is 24.3 Å². The Morgan fingerprint density at radius 1 is 1.12 bits per heavy atom. The predicted octanol–water partition coefficient (Wildman–Crippen LogP) is 4.59. The SMILES string of the molecule is CCCCOC=CC(=O)N(c1ccccc1)c1ccc([N+](=O)[O-])cc1. The van der Waals surface area contributed by atoms with Crippen molar-refractivity contribution in [1.29, 1.82) is 0 Å². The minimum absolute atomic E-state index is 0.0253. The molecule has 0 unspecified atom stereocenters. The normalized spacial score (nSPS) is 10.6. The maximum Gasteiger partial charge on any atom is 0.269 e. The van der Waals surface area contributed by atoms with Crippen molar-refractivity contribution in [2.45, 2.75) is 19.8 Å². The van der Waals surface area contributed by atoms with Gasteiger partial charge in [0.15, 0.2) is 0 Å². The van der Waals surface area contributed by atoms with Crippen LogP contribution >= 0.6 is 0 Å². The van der Waals surface area contributed by atoms with Crippen molar-refractivity contribution in [3.63, 3.8) is 0 Å². The number of ether oxygens (including phenoxy) is 1. The highest BCUT2D eigenvalue weighted by molar-refractivity contribution is 6.06. The fourth-order valence-corrected chi connectivity index (χ4v) is 2.18. The summed E-state index contributed by atoms with van der Waals surface area (Å²) in [5, 5.41) is 10.8. The van der Waals surface area contributed by atoms with Crippen LogP contribution in [-0.4, -0.2) is 17.4 Å². The molecule has 0 aliphatic heterocycles. The van der Waals surface area contributed by atoms with Crippen molar-refractivity contribution >= 4 is 23.0 Å². The number of benzene rings is 2. The van der Waals surface area contributed by atoms with Gasteiger partial charge in [-0.15, -0.1) is 0 Å². The summed E-state index contributed by atoms with van der Waals surface area (Å²) in [6.45, 7) is 2.62. The maximum atomic E-state index is 12.6. The third-order valence-electron chi connectivity index (χ3n) is 3.48. The van der Waals surface area contributed by atoms with Crippen molar-refractivity contribution in [3.05, 3.63) is 77.0 Å². The molecule has 0 saturated heterocycles. The number of para-hydroxylation sites is 1. The van der Waals surface area contributed by atoms with Crippen LogP contribution in [0.4, 0.5) is 17.1 Å². The van der Waals surface area contributed by atoms with Crippen LogP contribution in [0.3, 0.4) is 0 Å². The largest absolute Gasteiger partial charge is 0.501 e. The lowest BCUT2D eigenvalue weighted by Gasteiger charge is -2.21. The number of hydrogen-bond acceptors (Lipinski definition) is 4. The Labute approximate surface area is 146 Å². The molecule has 6 heteroatoms. The Kier molecular flexibility index (Phi) is 6.71. The molecule has 0 bridgehead atoms. The van der Waals surface area contributed by atoms with E-state index in [1.165, 1.54) is 29.4 Å². The molecule has 0 heterocycles. The second-order valence-corrected chi connectivity index (χ2v) is 5.31. The topological polar surface area (TPSA) is 72.7 Å². The van der Waals surface area contributed by atoms with Crippen molar-refractivity contribution < 1.29 is 14.5 Å². The summed E-state index contributed by atoms with van der Waals surface area (Å²) in [6, 6.07) is 14.9. The maximum absolute atomic E-state index is 12.6. The average Bonchev–Trinajstić information content (AvgIpc) is 2.63. The van der Waals surface area contributed by atoms with E-state index in [4.69, 9.17) is 4.74 Å². The number of non-ortho nitro benzene ring substituents is 1. The molecule has 2 rings (SSSR count). The van der Waals surface area contributed by atoms with E-state index >= 15 is 0 Å². The van der Waals surface area contributed by atoms with Crippen LogP contribution < -0.4 is 4.90 Å². The summed E-state index contributed by atoms with van der Waals surface area (Å²) >= 11 is 0. The number of rotatable bonds is 8. The number of amides is 1. The van der Waals surface area contributed by atoms with E-state index in [2.05, 4.69) is 6.92 Å². The molecule has 6 nitrogen and oxygen atoms in total. The number of carbonyl (C=O) groups excluding carboxylic acids is 1.